The number of carbonyl (C=O) groups excluding carboxylic acids is 1. The molecule has 3 heterocycles. The third-order valence-corrected chi connectivity index (χ3v) is 5.15. The van der Waals surface area contributed by atoms with Crippen molar-refractivity contribution in [2.24, 2.45) is 0 Å². The van der Waals surface area contributed by atoms with E-state index in [0.29, 0.717) is 28.0 Å². The van der Waals surface area contributed by atoms with E-state index in [-0.39, 0.29) is 13.0 Å². The highest BCUT2D eigenvalue weighted by Crippen LogP contribution is 2.24. The zero-order valence-electron chi connectivity index (χ0n) is 15.5. The quantitative estimate of drug-likeness (QED) is 0.355. The van der Waals surface area contributed by atoms with Gasteiger partial charge in [-0.1, -0.05) is 0 Å². The average Bonchev–Trinajstić information content (AvgIpc) is 3.20. The lowest BCUT2D eigenvalue weighted by Crippen LogP contribution is -2.10. The highest BCUT2D eigenvalue weighted by Gasteiger charge is 2.13. The van der Waals surface area contributed by atoms with E-state index in [1.165, 1.54) is 24.5 Å². The number of nitrogens with zero attached hydrogens (tertiary/aromatic N) is 2. The van der Waals surface area contributed by atoms with E-state index in [1.807, 2.05) is 17.5 Å². The van der Waals surface area contributed by atoms with E-state index in [4.69, 9.17) is 13.9 Å². The van der Waals surface area contributed by atoms with Crippen molar-refractivity contribution in [3.63, 3.8) is 0 Å². The van der Waals surface area contributed by atoms with Crippen molar-refractivity contribution in [2.75, 3.05) is 7.11 Å². The lowest BCUT2D eigenvalue weighted by Gasteiger charge is -2.08. The molecule has 8 heteroatoms. The van der Waals surface area contributed by atoms with Crippen molar-refractivity contribution in [1.82, 2.24) is 9.97 Å². The van der Waals surface area contributed by atoms with Gasteiger partial charge in [0.2, 0.25) is 0 Å². The van der Waals surface area contributed by atoms with Crippen LogP contribution < -0.4 is 10.4 Å². The van der Waals surface area contributed by atoms with Crippen LogP contribution in [0.25, 0.3) is 21.5 Å². The van der Waals surface area contributed by atoms with Gasteiger partial charge in [0.15, 0.2) is 0 Å². The van der Waals surface area contributed by atoms with Crippen molar-refractivity contribution < 1.29 is 18.7 Å². The summed E-state index contributed by atoms with van der Waals surface area (Å²) in [6, 6.07) is 10.2. The van der Waals surface area contributed by atoms with Crippen molar-refractivity contribution in [3.05, 3.63) is 75.8 Å². The van der Waals surface area contributed by atoms with Crippen LogP contribution in [0.5, 0.6) is 5.75 Å². The molecule has 0 unspecified atom stereocenters. The molecule has 0 radical (unpaired) electrons. The Balaban J connectivity index is 1.45. The summed E-state index contributed by atoms with van der Waals surface area (Å²) in [6.45, 7) is -0.0349. The summed E-state index contributed by atoms with van der Waals surface area (Å²) >= 11 is 1.44. The number of hydrogen-bond acceptors (Lipinski definition) is 8. The van der Waals surface area contributed by atoms with E-state index in [9.17, 15) is 9.59 Å². The Morgan fingerprint density at radius 2 is 2.14 bits per heavy atom. The minimum Gasteiger partial charge on any atom is -0.497 e. The number of esters is 1. The molecule has 0 aliphatic carbocycles. The predicted octanol–water partition coefficient (Wildman–Crippen LogP) is 3.61. The number of aromatic nitrogens is 2. The van der Waals surface area contributed by atoms with Crippen LogP contribution in [0.2, 0.25) is 0 Å². The van der Waals surface area contributed by atoms with E-state index in [1.54, 1.807) is 30.6 Å². The van der Waals surface area contributed by atoms with Gasteiger partial charge in [-0.2, -0.15) is 0 Å². The van der Waals surface area contributed by atoms with Gasteiger partial charge in [0.25, 0.3) is 0 Å². The molecule has 0 saturated carbocycles. The van der Waals surface area contributed by atoms with Crippen molar-refractivity contribution in [2.45, 2.75) is 13.0 Å². The van der Waals surface area contributed by atoms with Crippen molar-refractivity contribution in [3.8, 4) is 16.3 Å². The number of pyridine rings is 1. The van der Waals surface area contributed by atoms with Crippen LogP contribution in [0.1, 0.15) is 11.3 Å². The molecule has 0 N–H and O–H groups in total. The maximum absolute atomic E-state index is 12.3. The van der Waals surface area contributed by atoms with Crippen LogP contribution in [0.15, 0.2) is 63.4 Å². The van der Waals surface area contributed by atoms with E-state index < -0.39 is 11.6 Å². The zero-order chi connectivity index (χ0) is 20.2. The fourth-order valence-electron chi connectivity index (χ4n) is 2.82. The molecule has 0 bridgehead atoms. The second-order valence-corrected chi connectivity index (χ2v) is 7.03. The summed E-state index contributed by atoms with van der Waals surface area (Å²) in [6.07, 6.45) is 3.46. The van der Waals surface area contributed by atoms with E-state index >= 15 is 0 Å². The molecule has 0 spiro atoms. The number of carbonyl (C=O) groups is 1. The molecule has 1 aromatic carbocycles. The maximum Gasteiger partial charge on any atom is 0.336 e. The number of methoxy groups -OCH3 is 1. The van der Waals surface area contributed by atoms with Crippen LogP contribution in [-0.2, 0) is 22.6 Å². The molecule has 0 aliphatic heterocycles. The van der Waals surface area contributed by atoms with Gasteiger partial charge in [-0.3, -0.25) is 9.78 Å². The number of hydrogen-bond donors (Lipinski definition) is 0. The smallest absolute Gasteiger partial charge is 0.336 e. The summed E-state index contributed by atoms with van der Waals surface area (Å²) in [4.78, 5) is 32.6. The zero-order valence-corrected chi connectivity index (χ0v) is 16.3. The summed E-state index contributed by atoms with van der Waals surface area (Å²) < 4.78 is 15.7. The van der Waals surface area contributed by atoms with Crippen LogP contribution >= 0.6 is 11.3 Å². The summed E-state index contributed by atoms with van der Waals surface area (Å²) in [5.41, 5.74) is 1.96. The van der Waals surface area contributed by atoms with Crippen molar-refractivity contribution in [1.29, 1.82) is 0 Å². The van der Waals surface area contributed by atoms with Crippen LogP contribution in [0.3, 0.4) is 0 Å². The number of fused-ring (bicyclic) bond motifs is 1. The summed E-state index contributed by atoms with van der Waals surface area (Å²) in [5.74, 6) is 0.144. The lowest BCUT2D eigenvalue weighted by molar-refractivity contribution is -0.144. The van der Waals surface area contributed by atoms with Gasteiger partial charge in [0, 0.05) is 46.4 Å². The van der Waals surface area contributed by atoms with Crippen LogP contribution in [0, 0.1) is 0 Å². The van der Waals surface area contributed by atoms with Gasteiger partial charge < -0.3 is 13.9 Å². The van der Waals surface area contributed by atoms with Gasteiger partial charge in [-0.25, -0.2) is 9.78 Å². The van der Waals surface area contributed by atoms with Crippen LogP contribution in [0.4, 0.5) is 0 Å². The van der Waals surface area contributed by atoms with Gasteiger partial charge in [-0.15, -0.1) is 11.3 Å². The minimum absolute atomic E-state index is 0.0349. The molecule has 3 aromatic heterocycles. The molecule has 7 nitrogen and oxygen atoms in total. The third-order valence-electron chi connectivity index (χ3n) is 4.21. The first-order valence-electron chi connectivity index (χ1n) is 8.73. The van der Waals surface area contributed by atoms with Crippen LogP contribution in [-0.4, -0.2) is 23.0 Å². The molecule has 0 saturated heterocycles. The third kappa shape index (κ3) is 4.33. The largest absolute Gasteiger partial charge is 0.497 e. The van der Waals surface area contributed by atoms with E-state index in [2.05, 4.69) is 9.97 Å². The fraction of sp³-hybridized carbons (Fsp3) is 0.143. The van der Waals surface area contributed by atoms with E-state index in [0.717, 1.165) is 10.6 Å². The minimum atomic E-state index is -0.516. The topological polar surface area (TPSA) is 91.5 Å². The Hall–Kier alpha value is -3.52. The molecular weight excluding hydrogens is 392 g/mol. The summed E-state index contributed by atoms with van der Waals surface area (Å²) in [7, 11) is 1.53. The lowest BCUT2D eigenvalue weighted by atomic mass is 10.1. The first-order valence-corrected chi connectivity index (χ1v) is 9.61. The summed E-state index contributed by atoms with van der Waals surface area (Å²) in [5, 5.41) is 3.30. The van der Waals surface area contributed by atoms with Gasteiger partial charge in [0.05, 0.1) is 19.2 Å². The number of ether oxygens (including phenoxy) is 2. The predicted molar refractivity (Wildman–Crippen MR) is 108 cm³/mol. The monoisotopic (exact) mass is 408 g/mol. The highest BCUT2D eigenvalue weighted by atomic mass is 32.1. The standard InChI is InChI=1S/C21H16N2O5S/c1-26-16-4-5-17-14(7-20(25)28-18(17)9-16)11-27-19(24)8-15-12-29-21(23-15)13-3-2-6-22-10-13/h2-7,9-10,12H,8,11H2,1H3. The van der Waals surface area contributed by atoms with Gasteiger partial charge >= 0.3 is 11.6 Å². The SMILES string of the molecule is COc1ccc2c(COC(=O)Cc3csc(-c4cccnc4)n3)cc(=O)oc2c1. The fourth-order valence-corrected chi connectivity index (χ4v) is 3.63. The highest BCUT2D eigenvalue weighted by molar-refractivity contribution is 7.13. The molecule has 4 rings (SSSR count). The Kier molecular flexibility index (Phi) is 5.35. The Morgan fingerprint density at radius 3 is 2.93 bits per heavy atom. The molecule has 0 amide bonds. The number of benzene rings is 1. The molecular formula is C21H16N2O5S. The number of thiazole rings is 1. The average molecular weight is 408 g/mol. The first-order chi connectivity index (χ1) is 14.1. The first kappa shape index (κ1) is 18.8. The van der Waals surface area contributed by atoms with Gasteiger partial charge in [0.1, 0.15) is 22.9 Å². The molecule has 4 aromatic rings. The van der Waals surface area contributed by atoms with Gasteiger partial charge in [-0.05, 0) is 24.3 Å². The Labute approximate surface area is 169 Å². The normalized spacial score (nSPS) is 10.8. The Bertz CT molecular complexity index is 1220. The second-order valence-electron chi connectivity index (χ2n) is 6.18. The number of rotatable bonds is 6. The molecule has 146 valence electrons. The maximum atomic E-state index is 12.3. The Morgan fingerprint density at radius 1 is 1.24 bits per heavy atom. The molecule has 0 aliphatic rings. The molecule has 29 heavy (non-hydrogen) atoms. The molecule has 0 fully saturated rings. The van der Waals surface area contributed by atoms with Crippen molar-refractivity contribution >= 4 is 28.3 Å². The molecule has 0 atom stereocenters. The second kappa shape index (κ2) is 8.24.